The van der Waals surface area contributed by atoms with Crippen LogP contribution in [0.2, 0.25) is 0 Å². The molecule has 1 saturated heterocycles. The molecule has 0 aromatic heterocycles. The highest BCUT2D eigenvalue weighted by Crippen LogP contribution is 2.39. The highest BCUT2D eigenvalue weighted by Gasteiger charge is 2.29. The smallest absolute Gasteiger partial charge is 0.253 e. The molecule has 32 heavy (non-hydrogen) atoms. The van der Waals surface area contributed by atoms with E-state index in [4.69, 9.17) is 0 Å². The minimum absolute atomic E-state index is 0.0206. The molecule has 172 valence electrons. The second-order valence-corrected chi connectivity index (χ2v) is 10.8. The Balaban J connectivity index is 1.72. The van der Waals surface area contributed by atoms with Crippen molar-refractivity contribution < 1.29 is 14.7 Å². The summed E-state index contributed by atoms with van der Waals surface area (Å²) in [5.41, 5.74) is 2.24. The highest BCUT2D eigenvalue weighted by atomic mass is 16.3. The predicted octanol–water partition coefficient (Wildman–Crippen LogP) is 5.02. The van der Waals surface area contributed by atoms with Gasteiger partial charge in [-0.1, -0.05) is 59.7 Å². The van der Waals surface area contributed by atoms with E-state index in [1.807, 2.05) is 88.9 Å². The van der Waals surface area contributed by atoms with Crippen LogP contribution in [0, 0.1) is 0 Å². The van der Waals surface area contributed by atoms with Gasteiger partial charge in [-0.2, -0.15) is 0 Å². The molecule has 0 unspecified atom stereocenters. The Morgan fingerprint density at radius 3 is 1.84 bits per heavy atom. The number of phenols is 1. The maximum atomic E-state index is 13.1. The molecular weight excluding hydrogens is 400 g/mol. The van der Waals surface area contributed by atoms with Crippen LogP contribution in [0.4, 0.5) is 0 Å². The van der Waals surface area contributed by atoms with Gasteiger partial charge < -0.3 is 15.3 Å². The summed E-state index contributed by atoms with van der Waals surface area (Å²) in [5.74, 6) is 0.182. The molecule has 2 amide bonds. The average molecular weight is 437 g/mol. The van der Waals surface area contributed by atoms with Crippen molar-refractivity contribution >= 4 is 11.8 Å². The van der Waals surface area contributed by atoms with Crippen LogP contribution in [-0.4, -0.2) is 41.0 Å². The summed E-state index contributed by atoms with van der Waals surface area (Å²) < 4.78 is 0. The second-order valence-electron chi connectivity index (χ2n) is 10.8. The summed E-state index contributed by atoms with van der Waals surface area (Å²) in [7, 11) is 0. The summed E-state index contributed by atoms with van der Waals surface area (Å²) in [6.45, 7) is 13.5. The first-order chi connectivity index (χ1) is 14.9. The van der Waals surface area contributed by atoms with Crippen molar-refractivity contribution in [2.45, 2.75) is 71.3 Å². The fourth-order valence-electron chi connectivity index (χ4n) is 4.17. The summed E-state index contributed by atoms with van der Waals surface area (Å²) in [4.78, 5) is 27.7. The van der Waals surface area contributed by atoms with Gasteiger partial charge in [0, 0.05) is 41.4 Å². The molecular formula is C27H36N2O3. The number of benzene rings is 2. The topological polar surface area (TPSA) is 69.6 Å². The number of hydrogen-bond donors (Lipinski definition) is 2. The first kappa shape index (κ1) is 23.8. The number of rotatable bonds is 3. The van der Waals surface area contributed by atoms with E-state index in [2.05, 4.69) is 5.32 Å². The third-order valence-corrected chi connectivity index (χ3v) is 6.13. The largest absolute Gasteiger partial charge is 0.507 e. The van der Waals surface area contributed by atoms with E-state index < -0.39 is 0 Å². The number of carbonyl (C=O) groups is 2. The van der Waals surface area contributed by atoms with Gasteiger partial charge in [0.15, 0.2) is 0 Å². The number of piperidine rings is 1. The predicted molar refractivity (Wildman–Crippen MR) is 128 cm³/mol. The Bertz CT molecular complexity index is 941. The molecule has 2 N–H and O–H groups in total. The molecule has 2 aromatic rings. The van der Waals surface area contributed by atoms with Crippen molar-refractivity contribution in [3.05, 3.63) is 64.7 Å². The molecule has 0 saturated carbocycles. The molecule has 2 aromatic carbocycles. The molecule has 1 aliphatic heterocycles. The summed E-state index contributed by atoms with van der Waals surface area (Å²) in [5, 5.41) is 14.0. The molecule has 0 atom stereocenters. The van der Waals surface area contributed by atoms with Gasteiger partial charge in [0.05, 0.1) is 0 Å². The van der Waals surface area contributed by atoms with Crippen molar-refractivity contribution in [2.24, 2.45) is 0 Å². The summed E-state index contributed by atoms with van der Waals surface area (Å²) in [6.07, 6.45) is 1.45. The van der Waals surface area contributed by atoms with Crippen LogP contribution >= 0.6 is 0 Å². The van der Waals surface area contributed by atoms with E-state index in [9.17, 15) is 14.7 Å². The van der Waals surface area contributed by atoms with E-state index in [0.29, 0.717) is 24.2 Å². The molecule has 1 heterocycles. The van der Waals surface area contributed by atoms with Crippen molar-refractivity contribution in [3.63, 3.8) is 0 Å². The van der Waals surface area contributed by atoms with Gasteiger partial charge in [-0.25, -0.2) is 0 Å². The van der Waals surface area contributed by atoms with E-state index >= 15 is 0 Å². The first-order valence-corrected chi connectivity index (χ1v) is 11.4. The van der Waals surface area contributed by atoms with E-state index in [-0.39, 0.29) is 34.4 Å². The van der Waals surface area contributed by atoms with Crippen LogP contribution < -0.4 is 5.32 Å². The Morgan fingerprint density at radius 2 is 1.38 bits per heavy atom. The molecule has 0 bridgehead atoms. The third-order valence-electron chi connectivity index (χ3n) is 6.13. The van der Waals surface area contributed by atoms with E-state index in [1.165, 1.54) is 0 Å². The lowest BCUT2D eigenvalue weighted by molar-refractivity contribution is 0.0698. The molecule has 0 aliphatic carbocycles. The molecule has 0 radical (unpaired) electrons. The number of phenolic OH excluding ortho intramolecular Hbond substituents is 1. The number of nitrogens with zero attached hydrogens (tertiary/aromatic N) is 1. The quantitative estimate of drug-likeness (QED) is 0.710. The van der Waals surface area contributed by atoms with Crippen molar-refractivity contribution in [1.29, 1.82) is 0 Å². The van der Waals surface area contributed by atoms with Crippen LogP contribution in [-0.2, 0) is 10.8 Å². The number of carbonyl (C=O) groups excluding carboxylic acids is 2. The van der Waals surface area contributed by atoms with Crippen LogP contribution in [0.1, 0.15) is 86.2 Å². The van der Waals surface area contributed by atoms with Gasteiger partial charge in [-0.15, -0.1) is 0 Å². The number of amides is 2. The number of hydrogen-bond acceptors (Lipinski definition) is 3. The molecule has 0 spiro atoms. The lowest BCUT2D eigenvalue weighted by Crippen LogP contribution is -2.46. The maximum Gasteiger partial charge on any atom is 0.253 e. The van der Waals surface area contributed by atoms with E-state index in [1.54, 1.807) is 0 Å². The highest BCUT2D eigenvalue weighted by molar-refractivity contribution is 5.96. The van der Waals surface area contributed by atoms with Gasteiger partial charge in [0.25, 0.3) is 11.8 Å². The Kier molecular flexibility index (Phi) is 6.68. The van der Waals surface area contributed by atoms with Crippen LogP contribution in [0.25, 0.3) is 0 Å². The van der Waals surface area contributed by atoms with Gasteiger partial charge in [-0.05, 0) is 47.9 Å². The van der Waals surface area contributed by atoms with Crippen molar-refractivity contribution in [1.82, 2.24) is 10.2 Å². The van der Waals surface area contributed by atoms with Crippen LogP contribution in [0.3, 0.4) is 0 Å². The molecule has 1 aliphatic rings. The number of likely N-dealkylation sites (tertiary alicyclic amines) is 1. The summed E-state index contributed by atoms with van der Waals surface area (Å²) >= 11 is 0. The molecule has 3 rings (SSSR count). The fourth-order valence-corrected chi connectivity index (χ4v) is 4.17. The Labute approximate surface area is 191 Å². The molecule has 5 nitrogen and oxygen atoms in total. The number of aromatic hydroxyl groups is 1. The Hall–Kier alpha value is -2.82. The maximum absolute atomic E-state index is 13.1. The van der Waals surface area contributed by atoms with Gasteiger partial charge in [0.2, 0.25) is 0 Å². The van der Waals surface area contributed by atoms with Gasteiger partial charge in [-0.3, -0.25) is 9.59 Å². The molecule has 5 heteroatoms. The normalized spacial score (nSPS) is 15.5. The zero-order chi connectivity index (χ0) is 23.7. The average Bonchev–Trinajstić information content (AvgIpc) is 2.73. The van der Waals surface area contributed by atoms with Gasteiger partial charge >= 0.3 is 0 Å². The first-order valence-electron chi connectivity index (χ1n) is 11.4. The molecule has 1 fully saturated rings. The lowest BCUT2D eigenvalue weighted by Gasteiger charge is -2.33. The standard InChI is InChI=1S/C27H36N2O3/c1-26(2,3)21-16-19(17-22(23(21)30)27(4,5)6)24(31)28-20-12-14-29(15-13-20)25(32)18-10-8-7-9-11-18/h7-11,16-17,20,30H,12-15H2,1-6H3,(H,28,31). The lowest BCUT2D eigenvalue weighted by atomic mass is 9.78. The van der Waals surface area contributed by atoms with Crippen LogP contribution in [0.15, 0.2) is 42.5 Å². The third kappa shape index (κ3) is 5.32. The van der Waals surface area contributed by atoms with Gasteiger partial charge in [0.1, 0.15) is 5.75 Å². The fraction of sp³-hybridized carbons (Fsp3) is 0.481. The zero-order valence-electron chi connectivity index (χ0n) is 20.2. The monoisotopic (exact) mass is 436 g/mol. The number of nitrogens with one attached hydrogen (secondary N) is 1. The second kappa shape index (κ2) is 8.97. The van der Waals surface area contributed by atoms with E-state index in [0.717, 1.165) is 24.0 Å². The minimum Gasteiger partial charge on any atom is -0.507 e. The minimum atomic E-state index is -0.288. The van der Waals surface area contributed by atoms with Crippen LogP contribution in [0.5, 0.6) is 5.75 Å². The van der Waals surface area contributed by atoms with Crippen molar-refractivity contribution in [3.8, 4) is 5.75 Å². The van der Waals surface area contributed by atoms with Crippen molar-refractivity contribution in [2.75, 3.05) is 13.1 Å². The zero-order valence-corrected chi connectivity index (χ0v) is 20.2. The Morgan fingerprint density at radius 1 is 0.875 bits per heavy atom. The summed E-state index contributed by atoms with van der Waals surface area (Å²) in [6, 6.07) is 13.0. The SMILES string of the molecule is CC(C)(C)c1cc(C(=O)NC2CCN(C(=O)c3ccccc3)CC2)cc(C(C)(C)C)c1O.